The second-order valence-electron chi connectivity index (χ2n) is 2.76. The van der Waals surface area contributed by atoms with Crippen molar-refractivity contribution in [3.05, 3.63) is 39.7 Å². The van der Waals surface area contributed by atoms with Crippen molar-refractivity contribution in [3.63, 3.8) is 0 Å². The maximum absolute atomic E-state index is 12.8. The Morgan fingerprint density at radius 3 is 2.47 bits per heavy atom. The fraction of sp³-hybridized carbons (Fsp3) is 0.143. The van der Waals surface area contributed by atoms with Gasteiger partial charge in [0.15, 0.2) is 0 Å². The summed E-state index contributed by atoms with van der Waals surface area (Å²) in [5, 5.41) is 10.3. The summed E-state index contributed by atoms with van der Waals surface area (Å²) in [4.78, 5) is 9.52. The normalized spacial score (nSPS) is 11.3. The van der Waals surface area contributed by atoms with Gasteiger partial charge >= 0.3 is 0 Å². The lowest BCUT2D eigenvalue weighted by Crippen LogP contribution is -1.98. The molecule has 1 aromatic rings. The first kappa shape index (κ1) is 11.9. The predicted molar refractivity (Wildman–Crippen MR) is 51.5 cm³/mol. The first-order valence-corrected chi connectivity index (χ1v) is 6.12. The Kier molecular flexibility index (Phi) is 3.25. The second kappa shape index (κ2) is 4.11. The van der Waals surface area contributed by atoms with Crippen molar-refractivity contribution in [1.29, 1.82) is 0 Å². The zero-order chi connectivity index (χ0) is 11.6. The zero-order valence-corrected chi connectivity index (χ0v) is 8.76. The number of nitro groups is 1. The molecular weight excluding hydrogens is 249 g/mol. The van der Waals surface area contributed by atoms with Crippen molar-refractivity contribution in [3.8, 4) is 0 Å². The molecule has 0 aliphatic rings. The Labute approximate surface area is 89.0 Å². The average Bonchev–Trinajstić information content (AvgIpc) is 1.99. The number of benzene rings is 1. The van der Waals surface area contributed by atoms with Gasteiger partial charge in [0.05, 0.1) is 16.7 Å². The number of hydrogen-bond donors (Lipinski definition) is 0. The van der Waals surface area contributed by atoms with E-state index in [0.717, 1.165) is 12.1 Å². The van der Waals surface area contributed by atoms with Gasteiger partial charge in [-0.3, -0.25) is 10.1 Å². The van der Waals surface area contributed by atoms with Gasteiger partial charge in [-0.1, -0.05) is 0 Å². The number of nitro benzene ring substituents is 1. The van der Waals surface area contributed by atoms with Gasteiger partial charge in [0, 0.05) is 16.7 Å². The summed E-state index contributed by atoms with van der Waals surface area (Å²) in [7, 11) is 1.08. The lowest BCUT2D eigenvalue weighted by molar-refractivity contribution is -0.385. The molecule has 0 aromatic heterocycles. The molecule has 0 saturated heterocycles. The van der Waals surface area contributed by atoms with E-state index in [4.69, 9.17) is 10.7 Å². The van der Waals surface area contributed by atoms with Gasteiger partial charge in [-0.25, -0.2) is 12.8 Å². The van der Waals surface area contributed by atoms with Crippen molar-refractivity contribution in [2.75, 3.05) is 0 Å². The van der Waals surface area contributed by atoms with Crippen LogP contribution in [-0.2, 0) is 14.8 Å². The maximum atomic E-state index is 12.8. The summed E-state index contributed by atoms with van der Waals surface area (Å²) >= 11 is 0. The molecule has 8 heteroatoms. The highest BCUT2D eigenvalue weighted by Gasteiger charge is 2.13. The Bertz CT molecular complexity index is 502. The Morgan fingerprint density at radius 1 is 1.40 bits per heavy atom. The Balaban J connectivity index is 3.15. The quantitative estimate of drug-likeness (QED) is 0.467. The van der Waals surface area contributed by atoms with Crippen LogP contribution in [0.4, 0.5) is 10.1 Å². The fourth-order valence-corrected chi connectivity index (χ4v) is 1.96. The van der Waals surface area contributed by atoms with Crippen molar-refractivity contribution >= 4 is 25.4 Å². The molecule has 0 unspecified atom stereocenters. The lowest BCUT2D eigenvalue weighted by atomic mass is 10.2. The number of hydrogen-bond acceptors (Lipinski definition) is 4. The smallest absolute Gasteiger partial charge is 0.258 e. The summed E-state index contributed by atoms with van der Waals surface area (Å²) in [6.07, 6.45) is 0. The molecule has 0 heterocycles. The third-order valence-corrected chi connectivity index (χ3v) is 2.50. The molecule has 1 rings (SSSR count). The minimum Gasteiger partial charge on any atom is -0.258 e. The van der Waals surface area contributed by atoms with Gasteiger partial charge in [0.2, 0.25) is 9.05 Å². The van der Waals surface area contributed by atoms with Gasteiger partial charge in [-0.05, 0) is 11.6 Å². The average molecular weight is 254 g/mol. The molecule has 0 spiro atoms. The molecule has 1 aromatic carbocycles. The predicted octanol–water partition coefficient (Wildman–Crippen LogP) is 1.80. The molecule has 0 aliphatic heterocycles. The van der Waals surface area contributed by atoms with Crippen LogP contribution in [0.3, 0.4) is 0 Å². The molecule has 0 aliphatic carbocycles. The van der Waals surface area contributed by atoms with E-state index in [-0.39, 0.29) is 5.56 Å². The van der Waals surface area contributed by atoms with E-state index in [2.05, 4.69) is 0 Å². The van der Waals surface area contributed by atoms with Crippen molar-refractivity contribution < 1.29 is 17.7 Å². The van der Waals surface area contributed by atoms with E-state index in [1.807, 2.05) is 0 Å². The summed E-state index contributed by atoms with van der Waals surface area (Å²) in [6.45, 7) is 0. The van der Waals surface area contributed by atoms with E-state index in [1.54, 1.807) is 0 Å². The zero-order valence-electron chi connectivity index (χ0n) is 7.18. The second-order valence-corrected chi connectivity index (χ2v) is 5.53. The van der Waals surface area contributed by atoms with Crippen LogP contribution >= 0.6 is 10.7 Å². The molecule has 0 fully saturated rings. The molecule has 0 bridgehead atoms. The highest BCUT2D eigenvalue weighted by atomic mass is 35.7. The molecule has 0 radical (unpaired) electrons. The third-order valence-electron chi connectivity index (χ3n) is 1.49. The first-order valence-electron chi connectivity index (χ1n) is 3.64. The number of rotatable bonds is 3. The summed E-state index contributed by atoms with van der Waals surface area (Å²) in [5.74, 6) is -1.52. The molecule has 15 heavy (non-hydrogen) atoms. The van der Waals surface area contributed by atoms with Crippen molar-refractivity contribution in [1.82, 2.24) is 0 Å². The van der Waals surface area contributed by atoms with Crippen LogP contribution in [0.25, 0.3) is 0 Å². The molecule has 82 valence electrons. The first-order chi connectivity index (χ1) is 6.78. The molecular formula is C7H5ClFNO4S. The van der Waals surface area contributed by atoms with Gasteiger partial charge in [-0.15, -0.1) is 0 Å². The summed E-state index contributed by atoms with van der Waals surface area (Å²) < 4.78 is 34.2. The van der Waals surface area contributed by atoms with E-state index < -0.39 is 31.2 Å². The van der Waals surface area contributed by atoms with Gasteiger partial charge in [0.1, 0.15) is 5.82 Å². The molecule has 0 saturated carbocycles. The van der Waals surface area contributed by atoms with E-state index in [9.17, 15) is 22.9 Å². The highest BCUT2D eigenvalue weighted by molar-refractivity contribution is 8.13. The highest BCUT2D eigenvalue weighted by Crippen LogP contribution is 2.19. The topological polar surface area (TPSA) is 77.3 Å². The van der Waals surface area contributed by atoms with Gasteiger partial charge < -0.3 is 0 Å². The molecule has 5 nitrogen and oxygen atoms in total. The molecule has 0 atom stereocenters. The third kappa shape index (κ3) is 3.80. The lowest BCUT2D eigenvalue weighted by Gasteiger charge is -1.98. The van der Waals surface area contributed by atoms with Crippen LogP contribution in [0.1, 0.15) is 5.56 Å². The largest absolute Gasteiger partial charge is 0.272 e. The van der Waals surface area contributed by atoms with E-state index >= 15 is 0 Å². The monoisotopic (exact) mass is 253 g/mol. The number of non-ortho nitro benzene ring substituents is 1. The number of halogens is 2. The van der Waals surface area contributed by atoms with Crippen LogP contribution in [0.2, 0.25) is 0 Å². The minimum absolute atomic E-state index is 0.0586. The minimum atomic E-state index is -3.85. The summed E-state index contributed by atoms with van der Waals surface area (Å²) in [6, 6.07) is 2.54. The van der Waals surface area contributed by atoms with Crippen LogP contribution in [0, 0.1) is 15.9 Å². The molecule has 0 N–H and O–H groups in total. The number of nitrogens with zero attached hydrogens (tertiary/aromatic N) is 1. The Morgan fingerprint density at radius 2 is 2.00 bits per heavy atom. The molecule has 0 amide bonds. The Hall–Kier alpha value is -1.21. The van der Waals surface area contributed by atoms with Crippen LogP contribution in [0.15, 0.2) is 18.2 Å². The maximum Gasteiger partial charge on any atom is 0.272 e. The van der Waals surface area contributed by atoms with Crippen molar-refractivity contribution in [2.24, 2.45) is 0 Å². The van der Waals surface area contributed by atoms with Crippen LogP contribution in [0.5, 0.6) is 0 Å². The van der Waals surface area contributed by atoms with Crippen LogP contribution in [-0.4, -0.2) is 13.3 Å². The van der Waals surface area contributed by atoms with Gasteiger partial charge in [-0.2, -0.15) is 0 Å². The standard InChI is InChI=1S/C7H5ClFNO4S/c8-15(13,14)4-5-1-6(9)3-7(2-5)10(11)12/h1-3H,4H2. The SMILES string of the molecule is O=[N+]([O-])c1cc(F)cc(CS(=O)(=O)Cl)c1. The fourth-order valence-electron chi connectivity index (χ4n) is 1.02. The summed E-state index contributed by atoms with van der Waals surface area (Å²) in [5.41, 5.74) is -0.568. The van der Waals surface area contributed by atoms with E-state index in [1.165, 1.54) is 0 Å². The van der Waals surface area contributed by atoms with E-state index in [0.29, 0.717) is 6.07 Å². The van der Waals surface area contributed by atoms with Crippen LogP contribution < -0.4 is 0 Å². The van der Waals surface area contributed by atoms with Gasteiger partial charge in [0.25, 0.3) is 5.69 Å². The van der Waals surface area contributed by atoms with Crippen molar-refractivity contribution in [2.45, 2.75) is 5.75 Å².